The molecule has 0 amide bonds. The molecule has 3 rings (SSSR count). The second-order valence-electron chi connectivity index (χ2n) is 8.36. The van der Waals surface area contributed by atoms with Gasteiger partial charge in [-0.25, -0.2) is 0 Å². The monoisotopic (exact) mass is 428 g/mol. The van der Waals surface area contributed by atoms with Crippen molar-refractivity contribution >= 4 is 0 Å². The Balaban J connectivity index is 1.49. The van der Waals surface area contributed by atoms with E-state index in [1.165, 1.54) is 0 Å². The van der Waals surface area contributed by atoms with Gasteiger partial charge in [0.05, 0.1) is 7.11 Å². The van der Waals surface area contributed by atoms with Gasteiger partial charge in [-0.15, -0.1) is 0 Å². The number of β-amino-alcohol motifs (C(OH)–C–C–N with tert-alkyl or cyclic N) is 1. The summed E-state index contributed by atoms with van der Waals surface area (Å²) in [5.74, 6) is 1.36. The van der Waals surface area contributed by atoms with E-state index in [9.17, 15) is 5.11 Å². The minimum atomic E-state index is -0.530. The number of likely N-dealkylation sites (N-methyl/N-ethyl adjacent to an activating group) is 2. The number of pyridine rings is 1. The quantitative estimate of drug-likeness (QED) is 0.585. The Morgan fingerprint density at radius 1 is 1.13 bits per heavy atom. The van der Waals surface area contributed by atoms with Gasteiger partial charge in [0.15, 0.2) is 11.5 Å². The van der Waals surface area contributed by atoms with E-state index in [4.69, 9.17) is 9.47 Å². The van der Waals surface area contributed by atoms with Gasteiger partial charge in [0.25, 0.3) is 0 Å². The molecule has 0 aliphatic carbocycles. The molecule has 1 unspecified atom stereocenters. The number of hydrogen-bond donors (Lipinski definition) is 1. The first-order valence-corrected chi connectivity index (χ1v) is 11.0. The molecule has 0 radical (unpaired) electrons. The minimum absolute atomic E-state index is 0.252. The summed E-state index contributed by atoms with van der Waals surface area (Å²) in [6.07, 6.45) is 2.22. The van der Waals surface area contributed by atoms with Gasteiger partial charge in [-0.1, -0.05) is 12.1 Å². The average Bonchev–Trinajstić information content (AvgIpc) is 2.79. The lowest BCUT2D eigenvalue weighted by Gasteiger charge is -2.33. The van der Waals surface area contributed by atoms with E-state index in [0.717, 1.165) is 56.9 Å². The molecule has 1 aliphatic heterocycles. The van der Waals surface area contributed by atoms with Gasteiger partial charge < -0.3 is 24.4 Å². The van der Waals surface area contributed by atoms with Gasteiger partial charge in [-0.05, 0) is 43.9 Å². The van der Waals surface area contributed by atoms with Gasteiger partial charge in [-0.3, -0.25) is 9.88 Å². The van der Waals surface area contributed by atoms with Gasteiger partial charge in [-0.2, -0.15) is 0 Å². The number of aliphatic hydroxyl groups excluding tert-OH is 1. The first-order valence-electron chi connectivity index (χ1n) is 11.0. The summed E-state index contributed by atoms with van der Waals surface area (Å²) in [6.45, 7) is 6.65. The maximum Gasteiger partial charge on any atom is 0.161 e. The van der Waals surface area contributed by atoms with E-state index < -0.39 is 6.10 Å². The van der Waals surface area contributed by atoms with Crippen LogP contribution in [-0.4, -0.2) is 98.0 Å². The summed E-state index contributed by atoms with van der Waals surface area (Å²) >= 11 is 0. The van der Waals surface area contributed by atoms with E-state index in [1.54, 1.807) is 7.11 Å². The van der Waals surface area contributed by atoms with E-state index in [2.05, 4.69) is 45.9 Å². The lowest BCUT2D eigenvalue weighted by Crippen LogP contribution is -2.47. The number of methoxy groups -OCH3 is 1. The number of benzene rings is 1. The molecule has 1 N–H and O–H groups in total. The van der Waals surface area contributed by atoms with Crippen molar-refractivity contribution in [3.63, 3.8) is 0 Å². The normalized spacial score (nSPS) is 16.4. The molecule has 2 aromatic rings. The first-order chi connectivity index (χ1) is 15.0. The number of nitrogens with zero attached hydrogens (tertiary/aromatic N) is 4. The lowest BCUT2D eigenvalue weighted by molar-refractivity contribution is 0.0497. The minimum Gasteiger partial charge on any atom is -0.493 e. The van der Waals surface area contributed by atoms with E-state index in [0.29, 0.717) is 18.0 Å². The Morgan fingerprint density at radius 3 is 2.65 bits per heavy atom. The Hall–Kier alpha value is -2.19. The standard InChI is InChI=1S/C24H36N4O3/c1-26-12-14-28(15-13-26)18-22(29)19-31-24-16-20(7-8-23(24)30-3)17-27(2)11-9-21-6-4-5-10-25-21/h4-8,10,16,22,29H,9,11-15,17-19H2,1-3H3. The highest BCUT2D eigenvalue weighted by molar-refractivity contribution is 5.43. The highest BCUT2D eigenvalue weighted by Crippen LogP contribution is 2.28. The van der Waals surface area contributed by atoms with Crippen molar-refractivity contribution in [1.29, 1.82) is 0 Å². The number of aliphatic hydroxyl groups is 1. The molecule has 1 saturated heterocycles. The average molecular weight is 429 g/mol. The maximum atomic E-state index is 10.4. The Morgan fingerprint density at radius 2 is 1.94 bits per heavy atom. The number of rotatable bonds is 11. The van der Waals surface area contributed by atoms with Gasteiger partial charge in [0.2, 0.25) is 0 Å². The van der Waals surface area contributed by atoms with Crippen molar-refractivity contribution in [3.05, 3.63) is 53.9 Å². The molecular formula is C24H36N4O3. The van der Waals surface area contributed by atoms with Crippen LogP contribution in [0.5, 0.6) is 11.5 Å². The third kappa shape index (κ3) is 7.78. The fourth-order valence-corrected chi connectivity index (χ4v) is 3.74. The second-order valence-corrected chi connectivity index (χ2v) is 8.36. The fraction of sp³-hybridized carbons (Fsp3) is 0.542. The largest absolute Gasteiger partial charge is 0.493 e. The van der Waals surface area contributed by atoms with Gasteiger partial charge in [0.1, 0.15) is 12.7 Å². The maximum absolute atomic E-state index is 10.4. The zero-order valence-electron chi connectivity index (χ0n) is 19.0. The van der Waals surface area contributed by atoms with Crippen LogP contribution in [0.1, 0.15) is 11.3 Å². The van der Waals surface area contributed by atoms with Crippen LogP contribution in [0.2, 0.25) is 0 Å². The molecule has 1 atom stereocenters. The SMILES string of the molecule is COc1ccc(CN(C)CCc2ccccn2)cc1OCC(O)CN1CCN(C)CC1. The predicted octanol–water partition coefficient (Wildman–Crippen LogP) is 1.75. The highest BCUT2D eigenvalue weighted by Gasteiger charge is 2.18. The number of aromatic nitrogens is 1. The third-order valence-electron chi connectivity index (χ3n) is 5.65. The van der Waals surface area contributed by atoms with Crippen molar-refractivity contribution in [2.24, 2.45) is 0 Å². The van der Waals surface area contributed by atoms with Crippen LogP contribution < -0.4 is 9.47 Å². The van der Waals surface area contributed by atoms with Crippen LogP contribution >= 0.6 is 0 Å². The smallest absolute Gasteiger partial charge is 0.161 e. The van der Waals surface area contributed by atoms with Crippen molar-refractivity contribution in [1.82, 2.24) is 19.7 Å². The molecule has 1 aromatic carbocycles. The number of ether oxygens (including phenoxy) is 2. The lowest BCUT2D eigenvalue weighted by atomic mass is 10.1. The van der Waals surface area contributed by atoms with Crippen molar-refractivity contribution in [3.8, 4) is 11.5 Å². The summed E-state index contributed by atoms with van der Waals surface area (Å²) in [6, 6.07) is 12.0. The Kier molecular flexibility index (Phi) is 9.09. The van der Waals surface area contributed by atoms with E-state index in [-0.39, 0.29) is 6.61 Å². The van der Waals surface area contributed by atoms with Crippen LogP contribution in [-0.2, 0) is 13.0 Å². The summed E-state index contributed by atoms with van der Waals surface area (Å²) in [5, 5.41) is 10.4. The van der Waals surface area contributed by atoms with Crippen LogP contribution in [0, 0.1) is 0 Å². The summed E-state index contributed by atoms with van der Waals surface area (Å²) in [7, 11) is 5.88. The molecule has 1 aromatic heterocycles. The topological polar surface area (TPSA) is 61.3 Å². The molecule has 31 heavy (non-hydrogen) atoms. The fourth-order valence-electron chi connectivity index (χ4n) is 3.74. The summed E-state index contributed by atoms with van der Waals surface area (Å²) < 4.78 is 11.4. The molecule has 1 aliphatic rings. The molecule has 7 nitrogen and oxygen atoms in total. The Bertz CT molecular complexity index is 782. The Labute approximate surface area is 186 Å². The van der Waals surface area contributed by atoms with Gasteiger partial charge in [0, 0.05) is 64.1 Å². The van der Waals surface area contributed by atoms with Crippen LogP contribution in [0.3, 0.4) is 0 Å². The van der Waals surface area contributed by atoms with Crippen LogP contribution in [0.25, 0.3) is 0 Å². The van der Waals surface area contributed by atoms with E-state index >= 15 is 0 Å². The molecular weight excluding hydrogens is 392 g/mol. The van der Waals surface area contributed by atoms with Crippen molar-refractivity contribution in [2.75, 3.05) is 67.1 Å². The summed E-state index contributed by atoms with van der Waals surface area (Å²) in [5.41, 5.74) is 2.25. The predicted molar refractivity (Wildman–Crippen MR) is 123 cm³/mol. The molecule has 7 heteroatoms. The van der Waals surface area contributed by atoms with Crippen molar-refractivity contribution in [2.45, 2.75) is 19.1 Å². The van der Waals surface area contributed by atoms with Crippen LogP contribution in [0.15, 0.2) is 42.6 Å². The summed E-state index contributed by atoms with van der Waals surface area (Å²) in [4.78, 5) is 11.3. The highest BCUT2D eigenvalue weighted by atomic mass is 16.5. The molecule has 0 bridgehead atoms. The first kappa shape index (κ1) is 23.5. The van der Waals surface area contributed by atoms with Crippen LogP contribution in [0.4, 0.5) is 0 Å². The third-order valence-corrected chi connectivity index (χ3v) is 5.65. The molecule has 2 heterocycles. The molecule has 0 saturated carbocycles. The van der Waals surface area contributed by atoms with Gasteiger partial charge >= 0.3 is 0 Å². The van der Waals surface area contributed by atoms with Crippen molar-refractivity contribution < 1.29 is 14.6 Å². The zero-order chi connectivity index (χ0) is 22.1. The number of piperazine rings is 1. The molecule has 0 spiro atoms. The zero-order valence-corrected chi connectivity index (χ0v) is 19.0. The van der Waals surface area contributed by atoms with E-state index in [1.807, 2.05) is 30.5 Å². The molecule has 1 fully saturated rings. The number of hydrogen-bond acceptors (Lipinski definition) is 7. The molecule has 170 valence electrons. The second kappa shape index (κ2) is 12.0.